The first-order valence-electron chi connectivity index (χ1n) is 7.82. The summed E-state index contributed by atoms with van der Waals surface area (Å²) in [5.41, 5.74) is -1.42. The van der Waals surface area contributed by atoms with Crippen LogP contribution in [-0.4, -0.2) is 17.0 Å². The number of nitrogens with zero attached hydrogens (tertiary/aromatic N) is 1. The Balaban J connectivity index is 2.07. The number of hydrogen-bond donors (Lipinski definition) is 1. The summed E-state index contributed by atoms with van der Waals surface area (Å²) < 4.78 is 54.5. The fraction of sp³-hybridized carbons (Fsp3) is 0.158. The van der Waals surface area contributed by atoms with E-state index in [1.165, 1.54) is 31.2 Å². The van der Waals surface area contributed by atoms with Gasteiger partial charge in [0.2, 0.25) is 0 Å². The minimum Gasteiger partial charge on any atom is -0.478 e. The Morgan fingerprint density at radius 1 is 1.19 bits per heavy atom. The zero-order valence-corrected chi connectivity index (χ0v) is 14.0. The number of allylic oxidation sites excluding steroid dienone is 1. The topological polar surface area (TPSA) is 57.6 Å². The maximum absolute atomic E-state index is 14.9. The Kier molecular flexibility index (Phi) is 4.51. The lowest BCUT2D eigenvalue weighted by atomic mass is 10.0. The molecule has 140 valence electrons. The summed E-state index contributed by atoms with van der Waals surface area (Å²) in [4.78, 5) is 24.3. The lowest BCUT2D eigenvalue weighted by molar-refractivity contribution is -0.138. The highest BCUT2D eigenvalue weighted by atomic mass is 19.4. The zero-order chi connectivity index (χ0) is 19.9. The van der Waals surface area contributed by atoms with Gasteiger partial charge in [-0.15, -0.1) is 0 Å². The quantitative estimate of drug-likeness (QED) is 0.631. The minimum atomic E-state index is -4.64. The molecule has 27 heavy (non-hydrogen) atoms. The fourth-order valence-electron chi connectivity index (χ4n) is 3.09. The van der Waals surface area contributed by atoms with Gasteiger partial charge < -0.3 is 10.0 Å². The van der Waals surface area contributed by atoms with E-state index in [2.05, 4.69) is 0 Å². The van der Waals surface area contributed by atoms with Gasteiger partial charge >= 0.3 is 12.1 Å². The summed E-state index contributed by atoms with van der Waals surface area (Å²) in [6.07, 6.45) is -3.83. The second kappa shape index (κ2) is 6.53. The van der Waals surface area contributed by atoms with Gasteiger partial charge in [0.05, 0.1) is 17.8 Å². The molecule has 1 aliphatic rings. The van der Waals surface area contributed by atoms with Crippen LogP contribution < -0.4 is 4.90 Å². The second-order valence-electron chi connectivity index (χ2n) is 6.03. The Labute approximate surface area is 151 Å². The largest absolute Gasteiger partial charge is 0.478 e. The summed E-state index contributed by atoms with van der Waals surface area (Å²) >= 11 is 0. The van der Waals surface area contributed by atoms with Gasteiger partial charge in [0.25, 0.3) is 5.91 Å². The van der Waals surface area contributed by atoms with Crippen molar-refractivity contribution in [2.24, 2.45) is 0 Å². The number of anilines is 1. The predicted molar refractivity (Wildman–Crippen MR) is 89.6 cm³/mol. The van der Waals surface area contributed by atoms with Crippen molar-refractivity contribution in [3.63, 3.8) is 0 Å². The van der Waals surface area contributed by atoms with Crippen LogP contribution in [0.5, 0.6) is 0 Å². The molecule has 1 amide bonds. The third-order valence-corrected chi connectivity index (χ3v) is 4.31. The molecule has 0 saturated carbocycles. The minimum absolute atomic E-state index is 0.0466. The Bertz CT molecular complexity index is 979. The fourth-order valence-corrected chi connectivity index (χ4v) is 3.09. The molecule has 2 aromatic carbocycles. The average Bonchev–Trinajstić information content (AvgIpc) is 2.90. The SMILES string of the molecule is C/C(=C\C(=O)O)c1cccc(N2Cc3c(cccc3C(F)(F)F)C2=O)c1F. The number of carbonyl (C=O) groups is 2. The van der Waals surface area contributed by atoms with Gasteiger partial charge in [-0.05, 0) is 36.3 Å². The number of rotatable bonds is 3. The molecule has 1 aliphatic heterocycles. The molecule has 0 atom stereocenters. The molecule has 0 aliphatic carbocycles. The van der Waals surface area contributed by atoms with Crippen molar-refractivity contribution in [3.05, 3.63) is 70.5 Å². The van der Waals surface area contributed by atoms with Crippen LogP contribution in [0.15, 0.2) is 42.5 Å². The normalized spacial score (nSPS) is 14.5. The Morgan fingerprint density at radius 2 is 1.85 bits per heavy atom. The predicted octanol–water partition coefficient (Wildman–Crippen LogP) is 4.49. The summed E-state index contributed by atoms with van der Waals surface area (Å²) in [6.45, 7) is 0.963. The van der Waals surface area contributed by atoms with Crippen molar-refractivity contribution < 1.29 is 32.3 Å². The number of carboxylic acid groups (broad SMARTS) is 1. The van der Waals surface area contributed by atoms with Gasteiger partial charge in [-0.25, -0.2) is 9.18 Å². The molecule has 0 unspecified atom stereocenters. The number of carbonyl (C=O) groups excluding carboxylic acids is 1. The molecule has 0 aromatic heterocycles. The van der Waals surface area contributed by atoms with Crippen molar-refractivity contribution in [1.82, 2.24) is 0 Å². The van der Waals surface area contributed by atoms with E-state index in [4.69, 9.17) is 5.11 Å². The molecular formula is C19H13F4NO3. The number of aliphatic carboxylic acids is 1. The van der Waals surface area contributed by atoms with Gasteiger partial charge in [-0.2, -0.15) is 13.2 Å². The van der Waals surface area contributed by atoms with E-state index in [0.29, 0.717) is 0 Å². The van der Waals surface area contributed by atoms with E-state index >= 15 is 0 Å². The second-order valence-corrected chi connectivity index (χ2v) is 6.03. The van der Waals surface area contributed by atoms with Crippen molar-refractivity contribution in [1.29, 1.82) is 0 Å². The van der Waals surface area contributed by atoms with E-state index in [9.17, 15) is 27.2 Å². The van der Waals surface area contributed by atoms with Crippen LogP contribution in [0.3, 0.4) is 0 Å². The summed E-state index contributed by atoms with van der Waals surface area (Å²) in [7, 11) is 0. The van der Waals surface area contributed by atoms with Crippen molar-refractivity contribution in [2.75, 3.05) is 4.90 Å². The van der Waals surface area contributed by atoms with Gasteiger partial charge in [0, 0.05) is 17.2 Å². The number of halogens is 4. The first kappa shape index (κ1) is 18.6. The lowest BCUT2D eigenvalue weighted by Gasteiger charge is -2.19. The molecule has 4 nitrogen and oxygen atoms in total. The third-order valence-electron chi connectivity index (χ3n) is 4.31. The highest BCUT2D eigenvalue weighted by Gasteiger charge is 2.40. The number of hydrogen-bond acceptors (Lipinski definition) is 2. The lowest BCUT2D eigenvalue weighted by Crippen LogP contribution is -2.24. The molecular weight excluding hydrogens is 366 g/mol. The van der Waals surface area contributed by atoms with Crippen LogP contribution in [0.2, 0.25) is 0 Å². The third kappa shape index (κ3) is 3.30. The number of amides is 1. The number of carboxylic acids is 1. The molecule has 3 rings (SSSR count). The van der Waals surface area contributed by atoms with Crippen LogP contribution in [-0.2, 0) is 17.5 Å². The van der Waals surface area contributed by atoms with E-state index in [0.717, 1.165) is 23.1 Å². The average molecular weight is 379 g/mol. The van der Waals surface area contributed by atoms with Gasteiger partial charge in [-0.3, -0.25) is 4.79 Å². The number of benzene rings is 2. The van der Waals surface area contributed by atoms with E-state index in [-0.39, 0.29) is 28.0 Å². The Morgan fingerprint density at radius 3 is 2.48 bits per heavy atom. The molecule has 2 aromatic rings. The first-order valence-corrected chi connectivity index (χ1v) is 7.82. The number of fused-ring (bicyclic) bond motifs is 1. The molecule has 1 N–H and O–H groups in total. The summed E-state index contributed by atoms with van der Waals surface area (Å²) in [5.74, 6) is -2.88. The first-order chi connectivity index (χ1) is 12.6. The van der Waals surface area contributed by atoms with Crippen LogP contribution in [0.25, 0.3) is 5.57 Å². The van der Waals surface area contributed by atoms with E-state index in [1.807, 2.05) is 0 Å². The van der Waals surface area contributed by atoms with Gasteiger partial charge in [0.15, 0.2) is 5.82 Å². The zero-order valence-electron chi connectivity index (χ0n) is 14.0. The van der Waals surface area contributed by atoms with Gasteiger partial charge in [0.1, 0.15) is 0 Å². The smallest absolute Gasteiger partial charge is 0.416 e. The van der Waals surface area contributed by atoms with E-state index < -0.39 is 36.0 Å². The van der Waals surface area contributed by atoms with Crippen LogP contribution in [0, 0.1) is 5.82 Å². The maximum atomic E-state index is 14.9. The molecule has 1 heterocycles. The summed E-state index contributed by atoms with van der Waals surface area (Å²) in [5, 5.41) is 8.81. The van der Waals surface area contributed by atoms with Crippen molar-refractivity contribution in [3.8, 4) is 0 Å². The van der Waals surface area contributed by atoms with Crippen molar-refractivity contribution >= 4 is 23.1 Å². The van der Waals surface area contributed by atoms with Crippen LogP contribution >= 0.6 is 0 Å². The van der Waals surface area contributed by atoms with Crippen molar-refractivity contribution in [2.45, 2.75) is 19.6 Å². The summed E-state index contributed by atoms with van der Waals surface area (Å²) in [6, 6.07) is 7.29. The molecule has 0 fully saturated rings. The van der Waals surface area contributed by atoms with Gasteiger partial charge in [-0.1, -0.05) is 18.2 Å². The molecule has 0 spiro atoms. The molecule has 0 radical (unpaired) electrons. The van der Waals surface area contributed by atoms with E-state index in [1.54, 1.807) is 0 Å². The Hall–Kier alpha value is -3.16. The number of alkyl halides is 3. The molecule has 0 saturated heterocycles. The van der Waals surface area contributed by atoms with Crippen LogP contribution in [0.4, 0.5) is 23.2 Å². The molecule has 0 bridgehead atoms. The standard InChI is InChI=1S/C19H13F4NO3/c1-10(8-16(25)26)11-4-3-7-15(17(11)20)24-9-13-12(18(24)27)5-2-6-14(13)19(21,22)23/h2-8H,9H2,1H3,(H,25,26)/b10-8+. The highest BCUT2D eigenvalue weighted by Crippen LogP contribution is 2.39. The maximum Gasteiger partial charge on any atom is 0.416 e. The molecule has 8 heteroatoms. The highest BCUT2D eigenvalue weighted by molar-refractivity contribution is 6.10. The van der Waals surface area contributed by atoms with Crippen LogP contribution in [0.1, 0.15) is 34.0 Å². The monoisotopic (exact) mass is 379 g/mol.